The van der Waals surface area contributed by atoms with Crippen LogP contribution in [0.5, 0.6) is 0 Å². The molecule has 2 fully saturated rings. The van der Waals surface area contributed by atoms with E-state index in [1.54, 1.807) is 37.5 Å². The number of aromatic nitrogens is 2. The molecule has 0 amide bonds. The van der Waals surface area contributed by atoms with Crippen molar-refractivity contribution < 1.29 is 28.4 Å². The van der Waals surface area contributed by atoms with E-state index in [0.717, 1.165) is 5.56 Å². The molecule has 3 heterocycles. The number of thiocarbonyl (C=S) groups is 1. The minimum Gasteiger partial charge on any atom is -0.432 e. The van der Waals surface area contributed by atoms with E-state index in [2.05, 4.69) is 4.98 Å². The maximum Gasteiger partial charge on any atom is 0.271 e. The largest absolute Gasteiger partial charge is 0.432 e. The second kappa shape index (κ2) is 8.24. The molecule has 28 heavy (non-hydrogen) atoms. The molecule has 2 aliphatic rings. The van der Waals surface area contributed by atoms with Gasteiger partial charge >= 0.3 is 0 Å². The van der Waals surface area contributed by atoms with Crippen LogP contribution >= 0.6 is 12.2 Å². The van der Waals surface area contributed by atoms with E-state index in [0.29, 0.717) is 6.61 Å². The first-order valence-corrected chi connectivity index (χ1v) is 9.29. The third-order valence-corrected chi connectivity index (χ3v) is 5.17. The molecule has 9 heteroatoms. The van der Waals surface area contributed by atoms with Gasteiger partial charge in [-0.15, -0.1) is 0 Å². The zero-order chi connectivity index (χ0) is 19.6. The molecule has 4 rings (SSSR count). The molecule has 0 N–H and O–H groups in total. The zero-order valence-corrected chi connectivity index (χ0v) is 16.4. The van der Waals surface area contributed by atoms with Gasteiger partial charge in [0, 0.05) is 26.6 Å². The second-order valence-electron chi connectivity index (χ2n) is 6.56. The summed E-state index contributed by atoms with van der Waals surface area (Å²) in [6.45, 7) is 0.477. The van der Waals surface area contributed by atoms with Gasteiger partial charge in [0.05, 0.1) is 6.61 Å². The number of hydrogen-bond acceptors (Lipinski definition) is 8. The lowest BCUT2D eigenvalue weighted by molar-refractivity contribution is -0.331. The highest BCUT2D eigenvalue weighted by molar-refractivity contribution is 7.80. The standard InChI is InChI=1S/C19H22N2O6S/c1-22-14-15(23-2)17-25-11-19(26-17,27-18(28)21-9-8-20-12-21)16(14)24-10-13-6-4-3-5-7-13/h3-9,12,14-17H,10-11H2,1-2H3/t14-,15-,16+,17+,19-/m1/s1. The molecule has 150 valence electrons. The monoisotopic (exact) mass is 406 g/mol. The average molecular weight is 406 g/mol. The van der Waals surface area contributed by atoms with Crippen molar-refractivity contribution in [2.45, 2.75) is 37.0 Å². The number of methoxy groups -OCH3 is 2. The molecule has 1 aromatic carbocycles. The van der Waals surface area contributed by atoms with Crippen molar-refractivity contribution in [2.75, 3.05) is 20.8 Å². The average Bonchev–Trinajstić information content (AvgIpc) is 3.37. The summed E-state index contributed by atoms with van der Waals surface area (Å²) in [4.78, 5) is 3.99. The van der Waals surface area contributed by atoms with Crippen LogP contribution in [0.4, 0.5) is 0 Å². The first-order valence-electron chi connectivity index (χ1n) is 8.89. The third-order valence-electron chi connectivity index (χ3n) is 4.88. The SMILES string of the molecule is CO[C@@H]1[C@@H](OC)[C@H]2OC[C@](OC(=S)n3ccnc3)(O2)[C@H]1OCc1ccccc1. The van der Waals surface area contributed by atoms with E-state index < -0.39 is 30.4 Å². The van der Waals surface area contributed by atoms with Crippen molar-refractivity contribution in [2.24, 2.45) is 0 Å². The quantitative estimate of drug-likeness (QED) is 0.672. The first-order chi connectivity index (χ1) is 13.7. The van der Waals surface area contributed by atoms with Crippen LogP contribution in [0.3, 0.4) is 0 Å². The van der Waals surface area contributed by atoms with E-state index in [4.69, 9.17) is 40.6 Å². The minimum absolute atomic E-state index is 0.131. The van der Waals surface area contributed by atoms with Gasteiger partial charge in [0.15, 0.2) is 12.4 Å². The normalized spacial score (nSPS) is 31.6. The zero-order valence-electron chi connectivity index (χ0n) is 15.6. The number of fused-ring (bicyclic) bond motifs is 2. The van der Waals surface area contributed by atoms with Crippen molar-refractivity contribution in [1.29, 1.82) is 0 Å². The Bertz CT molecular complexity index is 789. The second-order valence-corrected chi connectivity index (χ2v) is 6.91. The van der Waals surface area contributed by atoms with Gasteiger partial charge in [-0.2, -0.15) is 0 Å². The Labute approximate surface area is 168 Å². The van der Waals surface area contributed by atoms with Crippen molar-refractivity contribution in [3.8, 4) is 0 Å². The number of benzene rings is 1. The fourth-order valence-electron chi connectivity index (χ4n) is 3.52. The van der Waals surface area contributed by atoms with Gasteiger partial charge in [-0.3, -0.25) is 4.57 Å². The maximum atomic E-state index is 6.24. The van der Waals surface area contributed by atoms with Crippen molar-refractivity contribution in [3.63, 3.8) is 0 Å². The number of nitrogens with zero attached hydrogens (tertiary/aromatic N) is 2. The van der Waals surface area contributed by atoms with Crippen LogP contribution in [-0.4, -0.2) is 65.9 Å². The van der Waals surface area contributed by atoms with Crippen molar-refractivity contribution in [1.82, 2.24) is 9.55 Å². The predicted octanol–water partition coefficient (Wildman–Crippen LogP) is 1.73. The van der Waals surface area contributed by atoms with Crippen LogP contribution in [0, 0.1) is 0 Å². The molecule has 2 aromatic rings. The summed E-state index contributed by atoms with van der Waals surface area (Å²) in [5, 5.41) is 0.181. The highest BCUT2D eigenvalue weighted by atomic mass is 32.1. The molecule has 0 unspecified atom stereocenters. The van der Waals surface area contributed by atoms with E-state index >= 15 is 0 Å². The summed E-state index contributed by atoms with van der Waals surface area (Å²) in [5.74, 6) is -1.25. The van der Waals surface area contributed by atoms with Gasteiger partial charge < -0.3 is 28.4 Å². The Hall–Kier alpha value is -1.88. The van der Waals surface area contributed by atoms with Gasteiger partial charge in [-0.05, 0) is 17.8 Å². The molecule has 0 spiro atoms. The lowest BCUT2D eigenvalue weighted by Crippen LogP contribution is -2.64. The number of rotatable bonds is 6. The Balaban J connectivity index is 1.60. The van der Waals surface area contributed by atoms with E-state index in [9.17, 15) is 0 Å². The van der Waals surface area contributed by atoms with Gasteiger partial charge in [0.1, 0.15) is 25.1 Å². The van der Waals surface area contributed by atoms with Crippen molar-refractivity contribution in [3.05, 3.63) is 54.6 Å². The highest BCUT2D eigenvalue weighted by Crippen LogP contribution is 2.42. The Morgan fingerprint density at radius 1 is 1.25 bits per heavy atom. The van der Waals surface area contributed by atoms with Gasteiger partial charge in [-0.1, -0.05) is 30.3 Å². The number of hydrogen-bond donors (Lipinski definition) is 0. The van der Waals surface area contributed by atoms with Crippen molar-refractivity contribution >= 4 is 17.4 Å². The smallest absolute Gasteiger partial charge is 0.271 e. The first kappa shape index (κ1) is 19.4. The number of ether oxygens (including phenoxy) is 6. The van der Waals surface area contributed by atoms with Crippen LogP contribution in [-0.2, 0) is 35.0 Å². The van der Waals surface area contributed by atoms with Gasteiger partial charge in [0.25, 0.3) is 11.0 Å². The van der Waals surface area contributed by atoms with E-state index in [-0.39, 0.29) is 11.8 Å². The summed E-state index contributed by atoms with van der Waals surface area (Å²) >= 11 is 5.41. The summed E-state index contributed by atoms with van der Waals surface area (Å²) in [6, 6.07) is 9.83. The molecular formula is C19H22N2O6S. The molecule has 2 bridgehead atoms. The van der Waals surface area contributed by atoms with Crippen LogP contribution in [0.15, 0.2) is 49.1 Å². The number of imidazole rings is 1. The molecule has 5 atom stereocenters. The van der Waals surface area contributed by atoms with Gasteiger partial charge in [0.2, 0.25) is 0 Å². The molecule has 2 saturated heterocycles. The lowest BCUT2D eigenvalue weighted by atomic mass is 9.97. The molecule has 0 saturated carbocycles. The summed E-state index contributed by atoms with van der Waals surface area (Å²) < 4.78 is 37.1. The Morgan fingerprint density at radius 2 is 2.04 bits per heavy atom. The molecule has 1 aromatic heterocycles. The van der Waals surface area contributed by atoms with Crippen LogP contribution in [0.25, 0.3) is 0 Å². The lowest BCUT2D eigenvalue weighted by Gasteiger charge is -2.45. The van der Waals surface area contributed by atoms with Crippen LogP contribution < -0.4 is 0 Å². The maximum absolute atomic E-state index is 6.24. The predicted molar refractivity (Wildman–Crippen MR) is 101 cm³/mol. The molecule has 2 aliphatic heterocycles. The Morgan fingerprint density at radius 3 is 2.71 bits per heavy atom. The molecule has 8 nitrogen and oxygen atoms in total. The summed E-state index contributed by atoms with van der Waals surface area (Å²) in [7, 11) is 3.18. The van der Waals surface area contributed by atoms with E-state index in [1.807, 2.05) is 30.3 Å². The van der Waals surface area contributed by atoms with Crippen LogP contribution in [0.2, 0.25) is 0 Å². The highest BCUT2D eigenvalue weighted by Gasteiger charge is 2.63. The fourth-order valence-corrected chi connectivity index (χ4v) is 3.76. The van der Waals surface area contributed by atoms with E-state index in [1.165, 1.54) is 0 Å². The minimum atomic E-state index is -1.25. The van der Waals surface area contributed by atoms with Gasteiger partial charge in [-0.25, -0.2) is 4.98 Å². The topological polar surface area (TPSA) is 73.2 Å². The molecular weight excluding hydrogens is 384 g/mol. The fraction of sp³-hybridized carbons (Fsp3) is 0.474. The Kier molecular flexibility index (Phi) is 5.72. The van der Waals surface area contributed by atoms with Crippen LogP contribution in [0.1, 0.15) is 5.56 Å². The summed E-state index contributed by atoms with van der Waals surface area (Å²) in [5.41, 5.74) is 1.01. The summed E-state index contributed by atoms with van der Waals surface area (Å²) in [6.07, 6.45) is 2.65. The third kappa shape index (κ3) is 3.57. The molecule has 0 radical (unpaired) electrons. The molecule has 0 aliphatic carbocycles.